The van der Waals surface area contributed by atoms with Gasteiger partial charge in [0.2, 0.25) is 5.60 Å². The number of hydrogen-bond donors (Lipinski definition) is 2. The number of fused-ring (bicyclic) bond motifs is 1. The highest BCUT2D eigenvalue weighted by atomic mass is 35.5. The van der Waals surface area contributed by atoms with E-state index < -0.39 is 46.4 Å². The molecule has 2 atom stereocenters. The van der Waals surface area contributed by atoms with E-state index in [2.05, 4.69) is 47.0 Å². The summed E-state index contributed by atoms with van der Waals surface area (Å²) in [6, 6.07) is 77.5. The third-order valence-corrected chi connectivity index (χ3v) is 16.2. The van der Waals surface area contributed by atoms with E-state index in [0.29, 0.717) is 16.5 Å². The van der Waals surface area contributed by atoms with E-state index >= 15 is 4.79 Å². The van der Waals surface area contributed by atoms with Crippen molar-refractivity contribution in [1.29, 1.82) is 0 Å². The topological polar surface area (TPSA) is 122 Å². The van der Waals surface area contributed by atoms with E-state index in [1.165, 1.54) is 28.0 Å². The molecule has 11 rings (SSSR count). The quantitative estimate of drug-likeness (QED) is 0.0205. The summed E-state index contributed by atoms with van der Waals surface area (Å²) in [5, 5.41) is 13.3. The summed E-state index contributed by atoms with van der Waals surface area (Å²) in [5.41, 5.74) is 5.04. The first-order valence-corrected chi connectivity index (χ1v) is 28.2. The van der Waals surface area contributed by atoms with Crippen LogP contribution < -0.4 is 10.6 Å². The zero-order valence-corrected chi connectivity index (χ0v) is 44.9. The molecule has 2 aliphatic heterocycles. The standard InChI is InChI=1S/C66H52ClN5O5S2/c67-43-25-30-48-44-78-62-57(61(74)72(62)58(48)63(75)76-59(46-26-9-1-10-27-46)47-28-11-2-12-29-47)69-60(73)56(71-77-66(52-37-19-6-20-38-52,53-39-21-7-22-40-53)54-41-23-8-24-42-54)55-45-79-64(68-55)70-65(49-31-13-3-14-32-49,50-33-15-4-16-34-50)51-35-17-5-18-36-51/h1-42,45,57,59,62H,43-44H2,(H,68,70)(H,69,73)/b30-25-,71-56-. The largest absolute Gasteiger partial charge is 0.448 e. The van der Waals surface area contributed by atoms with Crippen LogP contribution in [-0.4, -0.2) is 56.4 Å². The maximum Gasteiger partial charge on any atom is 0.356 e. The summed E-state index contributed by atoms with van der Waals surface area (Å²) in [5.74, 6) is -1.40. The van der Waals surface area contributed by atoms with Gasteiger partial charge in [-0.25, -0.2) is 9.78 Å². The fourth-order valence-corrected chi connectivity index (χ4v) is 12.4. The van der Waals surface area contributed by atoms with Crippen LogP contribution in [0.15, 0.2) is 277 Å². The molecule has 1 saturated heterocycles. The maximum atomic E-state index is 15.4. The number of thiazole rings is 1. The first-order chi connectivity index (χ1) is 38.9. The number of hydrogen-bond acceptors (Lipinski definition) is 10. The van der Waals surface area contributed by atoms with Crippen LogP contribution in [0, 0.1) is 0 Å². The van der Waals surface area contributed by atoms with Gasteiger partial charge in [-0.3, -0.25) is 14.5 Å². The van der Waals surface area contributed by atoms with Gasteiger partial charge in [0.15, 0.2) is 16.9 Å². The van der Waals surface area contributed by atoms with Crippen molar-refractivity contribution >= 4 is 63.3 Å². The summed E-state index contributed by atoms with van der Waals surface area (Å²) < 4.78 is 6.38. The highest BCUT2D eigenvalue weighted by Crippen LogP contribution is 2.45. The average molecular weight is 1090 g/mol. The van der Waals surface area contributed by atoms with Gasteiger partial charge in [0.25, 0.3) is 11.8 Å². The Morgan fingerprint density at radius 1 is 0.646 bits per heavy atom. The van der Waals surface area contributed by atoms with Crippen LogP contribution in [0.3, 0.4) is 0 Å². The van der Waals surface area contributed by atoms with E-state index in [1.807, 2.05) is 206 Å². The molecule has 8 aromatic carbocycles. The predicted molar refractivity (Wildman–Crippen MR) is 315 cm³/mol. The van der Waals surface area contributed by atoms with Crippen molar-refractivity contribution in [2.75, 3.05) is 16.9 Å². The summed E-state index contributed by atoms with van der Waals surface area (Å²) >= 11 is 8.87. The highest BCUT2D eigenvalue weighted by Gasteiger charge is 2.55. The number of halogens is 1. The minimum absolute atomic E-state index is 0.0852. The lowest BCUT2D eigenvalue weighted by Crippen LogP contribution is -2.71. The highest BCUT2D eigenvalue weighted by molar-refractivity contribution is 8.00. The second-order valence-electron chi connectivity index (χ2n) is 18.7. The Labute approximate surface area is 472 Å². The molecule has 1 fully saturated rings. The molecular weight excluding hydrogens is 1040 g/mol. The first-order valence-electron chi connectivity index (χ1n) is 25.7. The van der Waals surface area contributed by atoms with Crippen molar-refractivity contribution in [1.82, 2.24) is 15.2 Å². The Morgan fingerprint density at radius 3 is 1.52 bits per heavy atom. The molecule has 79 heavy (non-hydrogen) atoms. The van der Waals surface area contributed by atoms with Gasteiger partial charge < -0.3 is 20.2 Å². The minimum atomic E-state index is -1.37. The molecule has 2 aliphatic rings. The van der Waals surface area contributed by atoms with Crippen molar-refractivity contribution in [3.05, 3.63) is 322 Å². The zero-order chi connectivity index (χ0) is 54.0. The van der Waals surface area contributed by atoms with Crippen molar-refractivity contribution in [3.63, 3.8) is 0 Å². The molecule has 2 N–H and O–H groups in total. The number of carbonyl (C=O) groups is 3. The molecule has 1 aromatic heterocycles. The Bertz CT molecular complexity index is 3400. The number of alkyl halides is 1. The number of nitrogens with one attached hydrogen (secondary N) is 2. The third kappa shape index (κ3) is 10.5. The number of aromatic nitrogens is 1. The van der Waals surface area contributed by atoms with Gasteiger partial charge in [0, 0.05) is 33.7 Å². The SMILES string of the molecule is O=C(OC(c1ccccc1)c1ccccc1)C1=C(/C=C\CCl)CSC2C(NC(=O)/C(=N\OC(c3ccccc3)(c3ccccc3)c3ccccc3)c3csc(NC(c4ccccc4)(c4ccccc4)c4ccccc4)n3)C(=O)N12. The predicted octanol–water partition coefficient (Wildman–Crippen LogP) is 13.0. The van der Waals surface area contributed by atoms with Crippen LogP contribution in [0.5, 0.6) is 0 Å². The lowest BCUT2D eigenvalue weighted by atomic mass is 9.77. The Morgan fingerprint density at radius 2 is 1.08 bits per heavy atom. The normalized spacial score (nSPS) is 15.5. The molecule has 9 aromatic rings. The van der Waals surface area contributed by atoms with Crippen molar-refractivity contribution in [2.45, 2.75) is 28.7 Å². The molecule has 0 radical (unpaired) electrons. The monoisotopic (exact) mass is 1090 g/mol. The first kappa shape index (κ1) is 52.3. The molecule has 13 heteroatoms. The van der Waals surface area contributed by atoms with Crippen molar-refractivity contribution < 1.29 is 24.0 Å². The Kier molecular flexibility index (Phi) is 15.8. The minimum Gasteiger partial charge on any atom is -0.448 e. The van der Waals surface area contributed by atoms with E-state index in [0.717, 1.165) is 44.5 Å². The van der Waals surface area contributed by atoms with Gasteiger partial charge in [-0.2, -0.15) is 0 Å². The Hall–Kier alpha value is -8.81. The van der Waals surface area contributed by atoms with Crippen LogP contribution in [0.2, 0.25) is 0 Å². The van der Waals surface area contributed by atoms with E-state index in [1.54, 1.807) is 17.5 Å². The van der Waals surface area contributed by atoms with E-state index in [9.17, 15) is 9.59 Å². The second-order valence-corrected chi connectivity index (χ2v) is 21.0. The number of ether oxygens (including phenoxy) is 1. The number of amides is 2. The summed E-state index contributed by atoms with van der Waals surface area (Å²) in [4.78, 5) is 58.5. The van der Waals surface area contributed by atoms with Crippen molar-refractivity contribution in [2.24, 2.45) is 5.16 Å². The number of esters is 1. The number of benzene rings is 8. The van der Waals surface area contributed by atoms with Gasteiger partial charge in [0.1, 0.15) is 28.3 Å². The molecule has 2 unspecified atom stereocenters. The smallest absolute Gasteiger partial charge is 0.356 e. The maximum absolute atomic E-state index is 15.4. The lowest BCUT2D eigenvalue weighted by Gasteiger charge is -2.49. The lowest BCUT2D eigenvalue weighted by molar-refractivity contribution is -0.154. The van der Waals surface area contributed by atoms with Crippen LogP contribution in [0.1, 0.15) is 56.3 Å². The summed E-state index contributed by atoms with van der Waals surface area (Å²) in [6.07, 6.45) is 2.71. The molecule has 3 heterocycles. The number of rotatable bonds is 19. The second kappa shape index (κ2) is 23.8. The number of anilines is 1. The van der Waals surface area contributed by atoms with E-state index in [4.69, 9.17) is 31.3 Å². The molecular formula is C66H52ClN5O5S2. The molecule has 390 valence electrons. The van der Waals surface area contributed by atoms with Gasteiger partial charge in [-0.15, -0.1) is 34.7 Å². The van der Waals surface area contributed by atoms with Crippen LogP contribution in [0.25, 0.3) is 0 Å². The van der Waals surface area contributed by atoms with Gasteiger partial charge >= 0.3 is 5.97 Å². The number of carbonyl (C=O) groups excluding carboxylic acids is 3. The number of β-lactam (4-membered cyclic amide) rings is 1. The summed E-state index contributed by atoms with van der Waals surface area (Å²) in [6.45, 7) is 0. The number of nitrogens with zero attached hydrogens (tertiary/aromatic N) is 3. The molecule has 0 saturated carbocycles. The third-order valence-electron chi connectivity index (χ3n) is 14.0. The molecule has 0 spiro atoms. The van der Waals surface area contributed by atoms with Gasteiger partial charge in [-0.05, 0) is 33.4 Å². The Balaban J connectivity index is 0.987. The van der Waals surface area contributed by atoms with E-state index in [-0.39, 0.29) is 23.0 Å². The zero-order valence-electron chi connectivity index (χ0n) is 42.5. The molecule has 2 amide bonds. The van der Waals surface area contributed by atoms with Crippen LogP contribution in [0.4, 0.5) is 5.13 Å². The van der Waals surface area contributed by atoms with Crippen LogP contribution in [-0.2, 0) is 35.1 Å². The fourth-order valence-electron chi connectivity index (χ4n) is 10.3. The fraction of sp³-hybridized carbons (Fsp3) is 0.106. The van der Waals surface area contributed by atoms with Gasteiger partial charge in [0.05, 0.1) is 0 Å². The molecule has 0 bridgehead atoms. The van der Waals surface area contributed by atoms with Gasteiger partial charge in [-0.1, -0.05) is 260 Å². The summed E-state index contributed by atoms with van der Waals surface area (Å²) in [7, 11) is 0. The molecule has 10 nitrogen and oxygen atoms in total. The van der Waals surface area contributed by atoms with Crippen LogP contribution >= 0.6 is 34.7 Å². The number of thioether (sulfide) groups is 1. The molecule has 0 aliphatic carbocycles. The van der Waals surface area contributed by atoms with Crippen molar-refractivity contribution in [3.8, 4) is 0 Å². The number of oxime groups is 1. The average Bonchev–Trinajstić information content (AvgIpc) is 4.13. The number of allylic oxidation sites excluding steroid dienone is 2.